The van der Waals surface area contributed by atoms with Gasteiger partial charge in [0.25, 0.3) is 0 Å². The summed E-state index contributed by atoms with van der Waals surface area (Å²) < 4.78 is 0. The van der Waals surface area contributed by atoms with Gasteiger partial charge in [-0.05, 0) is 18.9 Å². The van der Waals surface area contributed by atoms with Crippen LogP contribution in [0.25, 0.3) is 0 Å². The van der Waals surface area contributed by atoms with Gasteiger partial charge in [-0.2, -0.15) is 10.4 Å². The quantitative estimate of drug-likeness (QED) is 0.896. The molecule has 17 heavy (non-hydrogen) atoms. The highest BCUT2D eigenvalue weighted by Gasteiger charge is 2.26. The fraction of sp³-hybridized carbons (Fsp3) is 0.273. The molecule has 0 spiro atoms. The van der Waals surface area contributed by atoms with E-state index >= 15 is 0 Å². The van der Waals surface area contributed by atoms with Crippen LogP contribution < -0.4 is 5.32 Å². The van der Waals surface area contributed by atoms with Gasteiger partial charge >= 0.3 is 0 Å². The maximum Gasteiger partial charge on any atom is 0.188 e. The molecule has 0 amide bonds. The first-order valence-corrected chi connectivity index (χ1v) is 6.19. The monoisotopic (exact) mass is 243 g/mol. The lowest BCUT2D eigenvalue weighted by Crippen LogP contribution is -1.98. The van der Waals surface area contributed by atoms with Crippen molar-refractivity contribution in [3.05, 3.63) is 28.9 Å². The molecule has 0 aliphatic heterocycles. The number of rotatable bonds is 3. The number of aromatic nitrogens is 3. The van der Waals surface area contributed by atoms with Gasteiger partial charge in [-0.25, -0.2) is 4.98 Å². The Morgan fingerprint density at radius 3 is 3.12 bits per heavy atom. The van der Waals surface area contributed by atoms with Crippen LogP contribution in [0.5, 0.6) is 0 Å². The van der Waals surface area contributed by atoms with Gasteiger partial charge in [0.05, 0.1) is 17.5 Å². The van der Waals surface area contributed by atoms with Gasteiger partial charge in [-0.3, -0.25) is 0 Å². The molecule has 1 saturated carbocycles. The number of thiazole rings is 1. The van der Waals surface area contributed by atoms with Crippen LogP contribution in [0.15, 0.2) is 17.6 Å². The molecule has 2 aromatic heterocycles. The van der Waals surface area contributed by atoms with E-state index in [-0.39, 0.29) is 0 Å². The molecule has 1 aliphatic rings. The van der Waals surface area contributed by atoms with Crippen LogP contribution in [0.3, 0.4) is 0 Å². The van der Waals surface area contributed by atoms with E-state index in [4.69, 9.17) is 5.26 Å². The Bertz CT molecular complexity index is 582. The van der Waals surface area contributed by atoms with Gasteiger partial charge in [0.15, 0.2) is 10.9 Å². The number of hydrogen-bond donors (Lipinski definition) is 1. The summed E-state index contributed by atoms with van der Waals surface area (Å²) in [5, 5.41) is 22.4. The Hall–Kier alpha value is -2.00. The van der Waals surface area contributed by atoms with Crippen molar-refractivity contribution in [2.45, 2.75) is 18.8 Å². The Kier molecular flexibility index (Phi) is 2.46. The van der Waals surface area contributed by atoms with Gasteiger partial charge in [-0.15, -0.1) is 16.4 Å². The summed E-state index contributed by atoms with van der Waals surface area (Å²) in [6.07, 6.45) is 3.97. The molecule has 0 unspecified atom stereocenters. The second-order valence-electron chi connectivity index (χ2n) is 3.88. The second-order valence-corrected chi connectivity index (χ2v) is 4.74. The summed E-state index contributed by atoms with van der Waals surface area (Å²) in [6.45, 7) is 0. The van der Waals surface area contributed by atoms with Crippen molar-refractivity contribution in [3.63, 3.8) is 0 Å². The third-order valence-corrected chi connectivity index (χ3v) is 3.36. The first kappa shape index (κ1) is 10.2. The number of hydrogen-bond acceptors (Lipinski definition) is 6. The van der Waals surface area contributed by atoms with Crippen LogP contribution in [-0.2, 0) is 0 Å². The zero-order valence-electron chi connectivity index (χ0n) is 8.92. The minimum absolute atomic E-state index is 0.465. The maximum absolute atomic E-state index is 8.93. The molecule has 1 fully saturated rings. The first-order chi connectivity index (χ1) is 8.36. The van der Waals surface area contributed by atoms with Crippen LogP contribution in [0.2, 0.25) is 0 Å². The molecule has 6 heteroatoms. The molecule has 5 nitrogen and oxygen atoms in total. The molecule has 3 rings (SSSR count). The highest BCUT2D eigenvalue weighted by atomic mass is 32.1. The third kappa shape index (κ3) is 2.10. The Balaban J connectivity index is 1.83. The first-order valence-electron chi connectivity index (χ1n) is 5.31. The molecule has 0 aromatic carbocycles. The standard InChI is InChI=1S/C11H9N5S/c12-5-8-3-4-13-16-10(8)15-11-14-9(6-17-11)7-1-2-7/h3-4,6-7H,1-2H2,(H,14,15,16). The molecule has 1 aliphatic carbocycles. The molecule has 0 atom stereocenters. The predicted molar refractivity (Wildman–Crippen MR) is 64.1 cm³/mol. The smallest absolute Gasteiger partial charge is 0.188 e. The second kappa shape index (κ2) is 4.11. The zero-order chi connectivity index (χ0) is 11.7. The van der Waals surface area contributed by atoms with Crippen molar-refractivity contribution >= 4 is 22.3 Å². The van der Waals surface area contributed by atoms with Crippen molar-refractivity contribution in [1.29, 1.82) is 5.26 Å². The van der Waals surface area contributed by atoms with E-state index in [0.29, 0.717) is 17.3 Å². The molecule has 84 valence electrons. The van der Waals surface area contributed by atoms with Crippen LogP contribution in [-0.4, -0.2) is 15.2 Å². The SMILES string of the molecule is N#Cc1ccnnc1Nc1nc(C2CC2)cs1. The largest absolute Gasteiger partial charge is 0.314 e. The van der Waals surface area contributed by atoms with Crippen LogP contribution in [0, 0.1) is 11.3 Å². The van der Waals surface area contributed by atoms with Gasteiger partial charge in [0.1, 0.15) is 6.07 Å². The normalized spacial score (nSPS) is 14.3. The summed E-state index contributed by atoms with van der Waals surface area (Å²) in [7, 11) is 0. The lowest BCUT2D eigenvalue weighted by Gasteiger charge is -2.01. The Labute approximate surface area is 102 Å². The molecule has 2 aromatic rings. The Morgan fingerprint density at radius 2 is 2.35 bits per heavy atom. The summed E-state index contributed by atoms with van der Waals surface area (Å²) in [6, 6.07) is 3.70. The van der Waals surface area contributed by atoms with Crippen molar-refractivity contribution < 1.29 is 0 Å². The summed E-state index contributed by atoms with van der Waals surface area (Å²) in [4.78, 5) is 4.47. The summed E-state index contributed by atoms with van der Waals surface area (Å²) in [5.74, 6) is 1.10. The van der Waals surface area contributed by atoms with Gasteiger partial charge in [-0.1, -0.05) is 0 Å². The van der Waals surface area contributed by atoms with E-state index in [0.717, 1.165) is 10.8 Å². The molecule has 0 radical (unpaired) electrons. The van der Waals surface area contributed by atoms with Gasteiger partial charge < -0.3 is 5.32 Å². The Morgan fingerprint density at radius 1 is 1.47 bits per heavy atom. The van der Waals surface area contributed by atoms with E-state index in [1.165, 1.54) is 30.4 Å². The molecule has 2 heterocycles. The number of nitrogens with one attached hydrogen (secondary N) is 1. The topological polar surface area (TPSA) is 74.5 Å². The van der Waals surface area contributed by atoms with Gasteiger partial charge in [0, 0.05) is 11.3 Å². The van der Waals surface area contributed by atoms with E-state index in [1.54, 1.807) is 6.07 Å². The van der Waals surface area contributed by atoms with Crippen LogP contribution >= 0.6 is 11.3 Å². The van der Waals surface area contributed by atoms with Crippen LogP contribution in [0.1, 0.15) is 30.0 Å². The number of anilines is 2. The lowest BCUT2D eigenvalue weighted by atomic mass is 10.3. The minimum atomic E-state index is 0.465. The maximum atomic E-state index is 8.93. The van der Waals surface area contributed by atoms with Crippen molar-refractivity contribution in [3.8, 4) is 6.07 Å². The molecular weight excluding hydrogens is 234 g/mol. The number of nitrogens with zero attached hydrogens (tertiary/aromatic N) is 4. The highest BCUT2D eigenvalue weighted by molar-refractivity contribution is 7.13. The van der Waals surface area contributed by atoms with Crippen molar-refractivity contribution in [2.75, 3.05) is 5.32 Å². The average molecular weight is 243 g/mol. The van der Waals surface area contributed by atoms with Gasteiger partial charge in [0.2, 0.25) is 0 Å². The van der Waals surface area contributed by atoms with E-state index in [1.807, 2.05) is 0 Å². The molecule has 0 bridgehead atoms. The zero-order valence-corrected chi connectivity index (χ0v) is 9.74. The number of nitriles is 1. The summed E-state index contributed by atoms with van der Waals surface area (Å²) in [5.41, 5.74) is 1.61. The molecule has 0 saturated heterocycles. The van der Waals surface area contributed by atoms with Crippen molar-refractivity contribution in [2.24, 2.45) is 0 Å². The lowest BCUT2D eigenvalue weighted by molar-refractivity contribution is 1.02. The fourth-order valence-corrected chi connectivity index (χ4v) is 2.32. The van der Waals surface area contributed by atoms with E-state index in [9.17, 15) is 0 Å². The molecule has 1 N–H and O–H groups in total. The predicted octanol–water partition coefficient (Wildman–Crippen LogP) is 2.43. The van der Waals surface area contributed by atoms with E-state index in [2.05, 4.69) is 31.9 Å². The van der Waals surface area contributed by atoms with Crippen molar-refractivity contribution in [1.82, 2.24) is 15.2 Å². The molecular formula is C11H9N5S. The fourth-order valence-electron chi connectivity index (χ4n) is 1.53. The highest BCUT2D eigenvalue weighted by Crippen LogP contribution is 2.41. The average Bonchev–Trinajstić information content (AvgIpc) is 3.11. The van der Waals surface area contributed by atoms with Crippen LogP contribution in [0.4, 0.5) is 10.9 Å². The minimum Gasteiger partial charge on any atom is -0.314 e. The van der Waals surface area contributed by atoms with E-state index < -0.39 is 0 Å². The third-order valence-electron chi connectivity index (χ3n) is 2.58. The summed E-state index contributed by atoms with van der Waals surface area (Å²) >= 11 is 1.53.